The first-order chi connectivity index (χ1) is 9.46. The molecular weight excluding hydrogens is 281 g/mol. The molecule has 0 amide bonds. The van der Waals surface area contributed by atoms with E-state index in [0.29, 0.717) is 19.4 Å². The molecule has 1 aromatic rings. The van der Waals surface area contributed by atoms with Crippen molar-refractivity contribution in [2.45, 2.75) is 49.7 Å². The Labute approximate surface area is 119 Å². The topological polar surface area (TPSA) is 76.3 Å². The van der Waals surface area contributed by atoms with Crippen LogP contribution in [0.15, 0.2) is 23.4 Å². The zero-order chi connectivity index (χ0) is 14.8. The fraction of sp³-hybridized carbons (Fsp3) is 0.615. The Kier molecular flexibility index (Phi) is 4.72. The van der Waals surface area contributed by atoms with Gasteiger partial charge in [-0.2, -0.15) is 4.31 Å². The first-order valence-electron chi connectivity index (χ1n) is 6.84. The van der Waals surface area contributed by atoms with Crippen molar-refractivity contribution in [2.24, 2.45) is 5.73 Å². The molecule has 1 heterocycles. The third-order valence-corrected chi connectivity index (χ3v) is 5.70. The lowest BCUT2D eigenvalue weighted by Gasteiger charge is -2.34. The molecule has 0 aromatic carbocycles. The quantitative estimate of drug-likeness (QED) is 0.914. The highest BCUT2D eigenvalue weighted by Gasteiger charge is 2.34. The Bertz CT molecular complexity index is 556. The highest BCUT2D eigenvalue weighted by Crippen LogP contribution is 2.27. The smallest absolute Gasteiger partial charge is 0.263 e. The van der Waals surface area contributed by atoms with Crippen molar-refractivity contribution in [2.75, 3.05) is 6.54 Å². The molecule has 1 aliphatic rings. The molecule has 7 heteroatoms. The lowest BCUT2D eigenvalue weighted by Crippen LogP contribution is -2.44. The van der Waals surface area contributed by atoms with Crippen molar-refractivity contribution in [1.82, 2.24) is 9.29 Å². The average molecular weight is 301 g/mol. The van der Waals surface area contributed by atoms with Gasteiger partial charge in [0.1, 0.15) is 0 Å². The fourth-order valence-electron chi connectivity index (χ4n) is 2.69. The van der Waals surface area contributed by atoms with E-state index in [4.69, 9.17) is 5.73 Å². The largest absolute Gasteiger partial charge is 0.328 e. The highest BCUT2D eigenvalue weighted by atomic mass is 32.2. The first kappa shape index (κ1) is 15.3. The van der Waals surface area contributed by atoms with Crippen LogP contribution in [0.3, 0.4) is 0 Å². The minimum absolute atomic E-state index is 0.119. The van der Waals surface area contributed by atoms with Gasteiger partial charge in [0.25, 0.3) is 10.0 Å². The Morgan fingerprint density at radius 3 is 2.60 bits per heavy atom. The molecule has 0 spiro atoms. The molecule has 0 unspecified atom stereocenters. The summed E-state index contributed by atoms with van der Waals surface area (Å²) in [5, 5.41) is -0.489. The van der Waals surface area contributed by atoms with E-state index < -0.39 is 20.9 Å². The van der Waals surface area contributed by atoms with Gasteiger partial charge in [0.05, 0.1) is 0 Å². The van der Waals surface area contributed by atoms with Crippen LogP contribution in [0.4, 0.5) is 4.39 Å². The molecule has 5 nitrogen and oxygen atoms in total. The Morgan fingerprint density at radius 2 is 2.05 bits per heavy atom. The molecule has 0 radical (unpaired) electrons. The van der Waals surface area contributed by atoms with Crippen LogP contribution >= 0.6 is 0 Å². The average Bonchev–Trinajstić information content (AvgIpc) is 2.42. The van der Waals surface area contributed by atoms with Crippen LogP contribution in [0.25, 0.3) is 0 Å². The van der Waals surface area contributed by atoms with Gasteiger partial charge >= 0.3 is 0 Å². The molecule has 1 aromatic heterocycles. The van der Waals surface area contributed by atoms with E-state index in [1.54, 1.807) is 6.92 Å². The van der Waals surface area contributed by atoms with Gasteiger partial charge < -0.3 is 5.73 Å². The third kappa shape index (κ3) is 2.99. The van der Waals surface area contributed by atoms with Gasteiger partial charge in [-0.3, -0.25) is 0 Å². The molecule has 2 N–H and O–H groups in total. The summed E-state index contributed by atoms with van der Waals surface area (Å²) in [6.45, 7) is 2.06. The highest BCUT2D eigenvalue weighted by molar-refractivity contribution is 7.89. The minimum Gasteiger partial charge on any atom is -0.328 e. The summed E-state index contributed by atoms with van der Waals surface area (Å²) < 4.78 is 40.2. The van der Waals surface area contributed by atoms with Gasteiger partial charge in [-0.1, -0.05) is 6.92 Å². The molecule has 1 saturated carbocycles. The molecular formula is C13H20FN3O2S. The van der Waals surface area contributed by atoms with E-state index in [0.717, 1.165) is 18.9 Å². The van der Waals surface area contributed by atoms with E-state index in [1.165, 1.54) is 16.6 Å². The van der Waals surface area contributed by atoms with Gasteiger partial charge in [0.2, 0.25) is 5.03 Å². The maximum absolute atomic E-state index is 13.7. The Morgan fingerprint density at radius 1 is 1.40 bits per heavy atom. The number of sulfonamides is 1. The SMILES string of the molecule is CCN(C1CCC(N)CC1)S(=O)(=O)c1ncccc1F. The van der Waals surface area contributed by atoms with E-state index in [-0.39, 0.29) is 12.1 Å². The van der Waals surface area contributed by atoms with E-state index >= 15 is 0 Å². The zero-order valence-electron chi connectivity index (χ0n) is 11.5. The van der Waals surface area contributed by atoms with Crippen molar-refractivity contribution < 1.29 is 12.8 Å². The van der Waals surface area contributed by atoms with Crippen LogP contribution in [0.1, 0.15) is 32.6 Å². The third-order valence-electron chi connectivity index (χ3n) is 3.74. The van der Waals surface area contributed by atoms with Crippen LogP contribution in [-0.2, 0) is 10.0 Å². The Hall–Kier alpha value is -1.05. The number of nitrogens with zero attached hydrogens (tertiary/aromatic N) is 2. The summed E-state index contributed by atoms with van der Waals surface area (Å²) in [5.74, 6) is -0.807. The molecule has 0 atom stereocenters. The number of halogens is 1. The summed E-state index contributed by atoms with van der Waals surface area (Å²) in [6.07, 6.45) is 4.30. The minimum atomic E-state index is -3.89. The van der Waals surface area contributed by atoms with Gasteiger partial charge in [-0.15, -0.1) is 0 Å². The van der Waals surface area contributed by atoms with Crippen LogP contribution in [0.2, 0.25) is 0 Å². The van der Waals surface area contributed by atoms with Crippen molar-refractivity contribution in [3.63, 3.8) is 0 Å². The normalized spacial score (nSPS) is 24.0. The molecule has 0 aliphatic heterocycles. The molecule has 2 rings (SSSR count). The molecule has 0 saturated heterocycles. The second-order valence-electron chi connectivity index (χ2n) is 5.07. The molecule has 1 aliphatic carbocycles. The van der Waals surface area contributed by atoms with E-state index in [2.05, 4.69) is 4.98 Å². The maximum atomic E-state index is 13.7. The lowest BCUT2D eigenvalue weighted by atomic mass is 9.92. The summed E-state index contributed by atoms with van der Waals surface area (Å²) in [5.41, 5.74) is 5.84. The van der Waals surface area contributed by atoms with Crippen LogP contribution < -0.4 is 5.73 Å². The van der Waals surface area contributed by atoms with Crippen molar-refractivity contribution in [3.05, 3.63) is 24.1 Å². The van der Waals surface area contributed by atoms with Crippen molar-refractivity contribution >= 4 is 10.0 Å². The molecule has 112 valence electrons. The monoisotopic (exact) mass is 301 g/mol. The molecule has 0 bridgehead atoms. The van der Waals surface area contributed by atoms with Crippen LogP contribution in [0.5, 0.6) is 0 Å². The summed E-state index contributed by atoms with van der Waals surface area (Å²) in [4.78, 5) is 3.70. The predicted molar refractivity (Wildman–Crippen MR) is 74.0 cm³/mol. The zero-order valence-corrected chi connectivity index (χ0v) is 12.3. The lowest BCUT2D eigenvalue weighted by molar-refractivity contribution is 0.246. The molecule has 20 heavy (non-hydrogen) atoms. The van der Waals surface area contributed by atoms with Crippen LogP contribution in [0, 0.1) is 5.82 Å². The predicted octanol–water partition coefficient (Wildman–Crippen LogP) is 1.50. The number of nitrogens with two attached hydrogens (primary N) is 1. The van der Waals surface area contributed by atoms with Gasteiger partial charge in [-0.25, -0.2) is 17.8 Å². The van der Waals surface area contributed by atoms with Gasteiger partial charge in [0.15, 0.2) is 5.82 Å². The number of hydrogen-bond acceptors (Lipinski definition) is 4. The van der Waals surface area contributed by atoms with Crippen molar-refractivity contribution in [3.8, 4) is 0 Å². The summed E-state index contributed by atoms with van der Waals surface area (Å²) >= 11 is 0. The van der Waals surface area contributed by atoms with Crippen molar-refractivity contribution in [1.29, 1.82) is 0 Å². The van der Waals surface area contributed by atoms with E-state index in [9.17, 15) is 12.8 Å². The van der Waals surface area contributed by atoms with Crippen LogP contribution in [-0.4, -0.2) is 36.3 Å². The summed E-state index contributed by atoms with van der Waals surface area (Å²) in [6, 6.07) is 2.51. The number of rotatable bonds is 4. The number of hydrogen-bond donors (Lipinski definition) is 1. The van der Waals surface area contributed by atoms with Gasteiger partial charge in [-0.05, 0) is 37.8 Å². The number of pyridine rings is 1. The number of aromatic nitrogens is 1. The fourth-order valence-corrected chi connectivity index (χ4v) is 4.36. The second-order valence-corrected chi connectivity index (χ2v) is 6.87. The summed E-state index contributed by atoms with van der Waals surface area (Å²) in [7, 11) is -3.89. The standard InChI is InChI=1S/C13H20FN3O2S/c1-2-17(11-7-5-10(15)6-8-11)20(18,19)13-12(14)4-3-9-16-13/h3-4,9-11H,2,5-8,15H2,1H3. The first-order valence-corrected chi connectivity index (χ1v) is 8.28. The maximum Gasteiger partial charge on any atom is 0.263 e. The second kappa shape index (κ2) is 6.15. The Balaban J connectivity index is 2.29. The molecule has 1 fully saturated rings. The van der Waals surface area contributed by atoms with Gasteiger partial charge in [0, 0.05) is 24.8 Å². The van der Waals surface area contributed by atoms with E-state index in [1.807, 2.05) is 0 Å².